The highest BCUT2D eigenvalue weighted by molar-refractivity contribution is 4.32. The molecule has 0 aromatic heterocycles. The van der Waals surface area contributed by atoms with Crippen LogP contribution in [-0.4, -0.2) is 10.7 Å². The van der Waals surface area contributed by atoms with Crippen LogP contribution < -0.4 is 11.2 Å². The highest BCUT2D eigenvalue weighted by Gasteiger charge is 2.00. The fourth-order valence-corrected chi connectivity index (χ4v) is 0.182. The van der Waals surface area contributed by atoms with Crippen LogP contribution in [0.3, 0.4) is 0 Å². The molecule has 1 saturated heterocycles. The minimum absolute atomic E-state index is 0.434. The first-order valence-corrected chi connectivity index (χ1v) is 1.59. The fraction of sp³-hybridized carbons (Fsp3) is 0. The zero-order valence-corrected chi connectivity index (χ0v) is 3.53. The van der Waals surface area contributed by atoms with Crippen LogP contribution in [0, 0.1) is 10.4 Å². The molecule has 1 aliphatic rings. The summed E-state index contributed by atoms with van der Waals surface area (Å²) in [6.45, 7) is 0. The van der Waals surface area contributed by atoms with Crippen LogP contribution in [0.25, 0.3) is 0 Å². The Kier molecular flexibility index (Phi) is 1.67. The van der Waals surface area contributed by atoms with Gasteiger partial charge in [-0.25, -0.2) is 0 Å². The molecule has 2 N–H and O–H groups in total. The van der Waals surface area contributed by atoms with Gasteiger partial charge >= 0.3 is 0 Å². The van der Waals surface area contributed by atoms with Gasteiger partial charge in [-0.3, -0.25) is 0 Å². The van der Waals surface area contributed by atoms with Crippen LogP contribution >= 0.6 is 0 Å². The van der Waals surface area contributed by atoms with E-state index in [2.05, 4.69) is 9.88 Å². The molecule has 1 aliphatic heterocycles. The lowest BCUT2D eigenvalue weighted by atomic mass is 12.3. The van der Waals surface area contributed by atoms with E-state index >= 15 is 0 Å². The summed E-state index contributed by atoms with van der Waals surface area (Å²) in [7, 11) is 0. The van der Waals surface area contributed by atoms with Gasteiger partial charge < -0.3 is 10.4 Å². The molecule has 48 valence electrons. The lowest BCUT2D eigenvalue weighted by Crippen LogP contribution is -2.52. The van der Waals surface area contributed by atoms with Crippen LogP contribution in [-0.2, 0) is 9.88 Å². The second-order valence-corrected chi connectivity index (χ2v) is 0.862. The number of hydrazine groups is 2. The van der Waals surface area contributed by atoms with Gasteiger partial charge in [0.1, 0.15) is 0 Å². The quantitative estimate of drug-likeness (QED) is 0.392. The monoisotopic (exact) mass is 122 g/mol. The van der Waals surface area contributed by atoms with E-state index in [0.29, 0.717) is 0 Å². The van der Waals surface area contributed by atoms with Gasteiger partial charge in [-0.15, -0.1) is 0 Å². The molecule has 0 saturated carbocycles. The zero-order chi connectivity index (χ0) is 5.98. The van der Waals surface area contributed by atoms with Gasteiger partial charge in [0.2, 0.25) is 0 Å². The highest BCUT2D eigenvalue weighted by atomic mass is 17.2. The molecule has 0 atom stereocenters. The number of nitrogens with zero attached hydrogens (tertiary/aromatic N) is 2. The Hall–Kier alpha value is -0.320. The maximum Gasteiger partial charge on any atom is -0.0908 e. The van der Waals surface area contributed by atoms with Gasteiger partial charge in [0.05, 0.1) is 0 Å². The van der Waals surface area contributed by atoms with Crippen molar-refractivity contribution >= 4 is 0 Å². The number of hydrogen-bond acceptors (Lipinski definition) is 8. The van der Waals surface area contributed by atoms with Gasteiger partial charge in [0.15, 0.2) is 0 Å². The zero-order valence-electron chi connectivity index (χ0n) is 3.53. The third kappa shape index (κ3) is 1.09. The van der Waals surface area contributed by atoms with Gasteiger partial charge in [-0.05, 0) is 0 Å². The van der Waals surface area contributed by atoms with Crippen LogP contribution in [0.15, 0.2) is 0 Å². The summed E-state index contributed by atoms with van der Waals surface area (Å²) >= 11 is 0. The SMILES string of the molecule is [O-]N1ONNON1[O-]. The third-order valence-corrected chi connectivity index (χ3v) is 0.422. The van der Waals surface area contributed by atoms with Crippen LogP contribution in [0.1, 0.15) is 0 Å². The van der Waals surface area contributed by atoms with E-state index in [0.717, 1.165) is 0 Å². The maximum absolute atomic E-state index is 9.87. The average molecular weight is 122 g/mol. The molecule has 0 spiro atoms. The number of hydrogen-bond donors (Lipinski definition) is 2. The van der Waals surface area contributed by atoms with E-state index in [1.807, 2.05) is 0 Å². The summed E-state index contributed by atoms with van der Waals surface area (Å²) in [5.74, 6) is 0. The fourth-order valence-electron chi connectivity index (χ4n) is 0.182. The maximum atomic E-state index is 9.87. The molecule has 0 aromatic rings. The van der Waals surface area contributed by atoms with Crippen molar-refractivity contribution in [1.29, 1.82) is 0 Å². The molecule has 0 unspecified atom stereocenters. The molecule has 0 aliphatic carbocycles. The van der Waals surface area contributed by atoms with Gasteiger partial charge in [0.25, 0.3) is 0 Å². The molecule has 8 nitrogen and oxygen atoms in total. The molecule has 0 aromatic carbocycles. The molecular weight excluding hydrogens is 120 g/mol. The predicted octanol–water partition coefficient (Wildman–Crippen LogP) is -1.70. The third-order valence-electron chi connectivity index (χ3n) is 0.422. The second kappa shape index (κ2) is 2.30. The molecule has 1 fully saturated rings. The highest BCUT2D eigenvalue weighted by Crippen LogP contribution is 1.93. The van der Waals surface area contributed by atoms with Crippen molar-refractivity contribution in [2.75, 3.05) is 0 Å². The molecular formula is H2N4O4-2. The van der Waals surface area contributed by atoms with Crippen molar-refractivity contribution in [3.05, 3.63) is 10.4 Å². The first-order valence-electron chi connectivity index (χ1n) is 1.59. The predicted molar refractivity (Wildman–Crippen MR) is 18.9 cm³/mol. The summed E-state index contributed by atoms with van der Waals surface area (Å²) < 4.78 is 0. The van der Waals surface area contributed by atoms with E-state index in [4.69, 9.17) is 0 Å². The summed E-state index contributed by atoms with van der Waals surface area (Å²) in [5.41, 5.74) is 3.53. The Labute approximate surface area is 43.5 Å². The van der Waals surface area contributed by atoms with E-state index < -0.39 is 10.7 Å². The number of rotatable bonds is 0. The Morgan fingerprint density at radius 3 is 1.62 bits per heavy atom. The van der Waals surface area contributed by atoms with Crippen molar-refractivity contribution in [3.63, 3.8) is 0 Å². The Morgan fingerprint density at radius 2 is 1.38 bits per heavy atom. The van der Waals surface area contributed by atoms with E-state index in [9.17, 15) is 10.4 Å². The summed E-state index contributed by atoms with van der Waals surface area (Å²) in [6.07, 6.45) is 0. The van der Waals surface area contributed by atoms with Crippen molar-refractivity contribution in [2.45, 2.75) is 0 Å². The molecule has 0 amide bonds. The second-order valence-electron chi connectivity index (χ2n) is 0.862. The standard InChI is InChI=1S/H2N4O4/c5-3-4(6)8-2-1-7-3/h1-2H/q-2. The van der Waals surface area contributed by atoms with E-state index in [1.54, 1.807) is 11.2 Å². The molecule has 8 heteroatoms. The van der Waals surface area contributed by atoms with Crippen molar-refractivity contribution in [3.8, 4) is 0 Å². The van der Waals surface area contributed by atoms with Crippen molar-refractivity contribution < 1.29 is 9.88 Å². The van der Waals surface area contributed by atoms with Gasteiger partial charge in [-0.1, -0.05) is 11.2 Å². The molecule has 0 radical (unpaired) electrons. The summed E-state index contributed by atoms with van der Waals surface area (Å²) in [4.78, 5) is 7.59. The minimum Gasteiger partial charge on any atom is -0.745 e. The first kappa shape index (κ1) is 5.81. The molecule has 1 rings (SSSR count). The first-order chi connectivity index (χ1) is 3.80. The average Bonchev–Trinajstić information content (AvgIpc) is 1.77. The minimum atomic E-state index is -0.434. The summed E-state index contributed by atoms with van der Waals surface area (Å²) in [6, 6.07) is 0. The summed E-state index contributed by atoms with van der Waals surface area (Å²) in [5, 5.41) is 18.9. The van der Waals surface area contributed by atoms with Crippen LogP contribution in [0.5, 0.6) is 0 Å². The lowest BCUT2D eigenvalue weighted by molar-refractivity contribution is -0.472. The van der Waals surface area contributed by atoms with Crippen LogP contribution in [0.4, 0.5) is 0 Å². The molecule has 0 bridgehead atoms. The smallest absolute Gasteiger partial charge is 0.0908 e. The van der Waals surface area contributed by atoms with Gasteiger partial charge in [0, 0.05) is 0 Å². The topological polar surface area (TPSA) is 95.1 Å². The lowest BCUT2D eigenvalue weighted by Gasteiger charge is -2.42. The van der Waals surface area contributed by atoms with Crippen molar-refractivity contribution in [2.24, 2.45) is 0 Å². The van der Waals surface area contributed by atoms with E-state index in [1.165, 1.54) is 0 Å². The van der Waals surface area contributed by atoms with Gasteiger partial charge in [-0.2, -0.15) is 20.5 Å². The normalized spacial score (nSPS) is 26.2. The van der Waals surface area contributed by atoms with Crippen molar-refractivity contribution in [1.82, 2.24) is 21.8 Å². The van der Waals surface area contributed by atoms with Crippen LogP contribution in [0.2, 0.25) is 0 Å². The molecule has 8 heavy (non-hydrogen) atoms. The molecule has 1 heterocycles. The Balaban J connectivity index is 2.28. The number of nitrogens with one attached hydrogen (secondary N) is 2. The van der Waals surface area contributed by atoms with E-state index in [-0.39, 0.29) is 0 Å². The largest absolute Gasteiger partial charge is 0.745 e. The Bertz CT molecular complexity index is 64.4. The Morgan fingerprint density at radius 1 is 1.00 bits per heavy atom.